The molecule has 0 spiro atoms. The summed E-state index contributed by atoms with van der Waals surface area (Å²) < 4.78 is 25.8. The summed E-state index contributed by atoms with van der Waals surface area (Å²) >= 11 is 0. The largest absolute Gasteiger partial charge is 0.359 e. The highest BCUT2D eigenvalue weighted by molar-refractivity contribution is 7.54. The van der Waals surface area contributed by atoms with Crippen LogP contribution in [0.25, 0.3) is 0 Å². The van der Waals surface area contributed by atoms with Crippen LogP contribution in [0, 0.1) is 6.92 Å². The molecule has 1 unspecified atom stereocenters. The molecule has 0 aliphatic heterocycles. The molecule has 0 fully saturated rings. The molecule has 0 aliphatic carbocycles. The molecule has 0 saturated carbocycles. The Bertz CT molecular complexity index is 605. The molecule has 0 saturated heterocycles. The Balaban J connectivity index is 2.55. The van der Waals surface area contributed by atoms with Gasteiger partial charge in [0, 0.05) is 0 Å². The lowest BCUT2D eigenvalue weighted by atomic mass is 10.2. The van der Waals surface area contributed by atoms with Crippen LogP contribution in [0.15, 0.2) is 36.5 Å². The quantitative estimate of drug-likeness (QED) is 0.733. The van der Waals surface area contributed by atoms with E-state index in [1.54, 1.807) is 24.7 Å². The highest BCUT2D eigenvalue weighted by Gasteiger charge is 2.39. The zero-order valence-corrected chi connectivity index (χ0v) is 13.4. The van der Waals surface area contributed by atoms with Crippen LogP contribution < -0.4 is 0 Å². The van der Waals surface area contributed by atoms with Gasteiger partial charge in [0.15, 0.2) is 5.78 Å². The van der Waals surface area contributed by atoms with Crippen molar-refractivity contribution >= 4 is 7.60 Å². The van der Waals surface area contributed by atoms with Gasteiger partial charge in [0.2, 0.25) is 0 Å². The van der Waals surface area contributed by atoms with Gasteiger partial charge in [-0.1, -0.05) is 35.5 Å². The maximum atomic E-state index is 13.2. The van der Waals surface area contributed by atoms with E-state index in [4.69, 9.17) is 9.05 Å². The van der Waals surface area contributed by atoms with Crippen LogP contribution in [-0.4, -0.2) is 28.2 Å². The fourth-order valence-electron chi connectivity index (χ4n) is 2.16. The molecule has 2 rings (SSSR count). The van der Waals surface area contributed by atoms with E-state index < -0.39 is 13.4 Å². The summed E-state index contributed by atoms with van der Waals surface area (Å²) in [4.78, 5) is 0. The first-order chi connectivity index (χ1) is 10.1. The highest BCUT2D eigenvalue weighted by atomic mass is 31.2. The summed E-state index contributed by atoms with van der Waals surface area (Å²) in [5, 5.41) is 7.94. The third-order valence-electron chi connectivity index (χ3n) is 3.00. The minimum Gasteiger partial charge on any atom is -0.307 e. The Morgan fingerprint density at radius 3 is 2.29 bits per heavy atom. The minimum atomic E-state index is -3.41. The number of rotatable bonds is 7. The Hall–Kier alpha value is -1.49. The monoisotopic (exact) mass is 309 g/mol. The molecule has 1 atom stereocenters. The van der Waals surface area contributed by atoms with E-state index in [1.165, 1.54) is 0 Å². The first-order valence-electron chi connectivity index (χ1n) is 6.93. The van der Waals surface area contributed by atoms with Crippen molar-refractivity contribution in [2.75, 3.05) is 13.2 Å². The Morgan fingerprint density at radius 2 is 1.81 bits per heavy atom. The Morgan fingerprint density at radius 1 is 1.19 bits per heavy atom. The number of nitrogens with zero attached hydrogens (tertiary/aromatic N) is 3. The predicted octanol–water partition coefficient (Wildman–Crippen LogP) is 3.40. The molecular weight excluding hydrogens is 289 g/mol. The van der Waals surface area contributed by atoms with Crippen molar-refractivity contribution in [3.05, 3.63) is 47.8 Å². The first-order valence-corrected chi connectivity index (χ1v) is 8.54. The molecule has 2 aromatic rings. The van der Waals surface area contributed by atoms with E-state index in [1.807, 2.05) is 37.3 Å². The SMILES string of the molecule is CCOP(=O)(OCC)C(c1ccccc1)n1nncc1C. The molecule has 7 heteroatoms. The highest BCUT2D eigenvalue weighted by Crippen LogP contribution is 2.61. The topological polar surface area (TPSA) is 66.2 Å². The molecule has 0 amide bonds. The van der Waals surface area contributed by atoms with Crippen LogP contribution in [0.2, 0.25) is 0 Å². The molecular formula is C14H20N3O3P. The number of aromatic nitrogens is 3. The minimum absolute atomic E-state index is 0.300. The van der Waals surface area contributed by atoms with Gasteiger partial charge in [-0.25, -0.2) is 4.68 Å². The lowest BCUT2D eigenvalue weighted by Gasteiger charge is -2.27. The molecule has 1 heterocycles. The molecule has 0 bridgehead atoms. The van der Waals surface area contributed by atoms with Gasteiger partial charge in [-0.05, 0) is 26.3 Å². The molecule has 0 radical (unpaired) electrons. The van der Waals surface area contributed by atoms with Crippen molar-refractivity contribution in [3.63, 3.8) is 0 Å². The van der Waals surface area contributed by atoms with Crippen molar-refractivity contribution in [1.82, 2.24) is 15.0 Å². The predicted molar refractivity (Wildman–Crippen MR) is 80.2 cm³/mol. The van der Waals surface area contributed by atoms with E-state index in [0.29, 0.717) is 13.2 Å². The molecule has 6 nitrogen and oxygen atoms in total. The van der Waals surface area contributed by atoms with Crippen LogP contribution in [0.5, 0.6) is 0 Å². The van der Waals surface area contributed by atoms with E-state index in [0.717, 1.165) is 11.3 Å². The van der Waals surface area contributed by atoms with Crippen LogP contribution in [0.3, 0.4) is 0 Å². The maximum Gasteiger partial charge on any atom is 0.359 e. The summed E-state index contributed by atoms with van der Waals surface area (Å²) in [6.45, 7) is 6.05. The van der Waals surface area contributed by atoms with E-state index >= 15 is 0 Å². The van der Waals surface area contributed by atoms with Crippen molar-refractivity contribution in [2.45, 2.75) is 26.6 Å². The van der Waals surface area contributed by atoms with Gasteiger partial charge in [-0.15, -0.1) is 5.10 Å². The maximum absolute atomic E-state index is 13.2. The number of aryl methyl sites for hydroxylation is 1. The number of hydrogen-bond donors (Lipinski definition) is 0. The third-order valence-corrected chi connectivity index (χ3v) is 5.35. The van der Waals surface area contributed by atoms with Gasteiger partial charge in [-0.3, -0.25) is 4.57 Å². The second-order valence-electron chi connectivity index (χ2n) is 4.48. The van der Waals surface area contributed by atoms with Crippen molar-refractivity contribution in [2.24, 2.45) is 0 Å². The van der Waals surface area contributed by atoms with Crippen LogP contribution in [0.4, 0.5) is 0 Å². The normalized spacial score (nSPS) is 13.3. The summed E-state index contributed by atoms with van der Waals surface area (Å²) in [5.41, 5.74) is 1.61. The molecule has 21 heavy (non-hydrogen) atoms. The Labute approximate surface area is 124 Å². The molecule has 0 aliphatic rings. The molecule has 1 aromatic heterocycles. The fraction of sp³-hybridized carbons (Fsp3) is 0.429. The van der Waals surface area contributed by atoms with Crippen molar-refractivity contribution in [1.29, 1.82) is 0 Å². The lowest BCUT2D eigenvalue weighted by Crippen LogP contribution is -2.17. The van der Waals surface area contributed by atoms with Gasteiger partial charge in [0.1, 0.15) is 0 Å². The van der Waals surface area contributed by atoms with Gasteiger partial charge in [0.25, 0.3) is 0 Å². The number of benzene rings is 1. The van der Waals surface area contributed by atoms with Crippen LogP contribution in [0.1, 0.15) is 30.9 Å². The first kappa shape index (κ1) is 15.9. The third kappa shape index (κ3) is 3.40. The molecule has 0 N–H and O–H groups in total. The van der Waals surface area contributed by atoms with Crippen LogP contribution in [-0.2, 0) is 13.6 Å². The van der Waals surface area contributed by atoms with Crippen molar-refractivity contribution in [3.8, 4) is 0 Å². The summed E-state index contributed by atoms with van der Waals surface area (Å²) in [7, 11) is -3.41. The van der Waals surface area contributed by atoms with E-state index in [9.17, 15) is 4.57 Å². The van der Waals surface area contributed by atoms with Gasteiger partial charge in [0.05, 0.1) is 25.1 Å². The van der Waals surface area contributed by atoms with Gasteiger partial charge < -0.3 is 9.05 Å². The average molecular weight is 309 g/mol. The summed E-state index contributed by atoms with van der Waals surface area (Å²) in [5.74, 6) is -0.638. The average Bonchev–Trinajstić information content (AvgIpc) is 2.87. The van der Waals surface area contributed by atoms with Crippen LogP contribution >= 0.6 is 7.60 Å². The fourth-order valence-corrected chi connectivity index (χ4v) is 4.27. The van der Waals surface area contributed by atoms with Gasteiger partial charge >= 0.3 is 7.60 Å². The Kier molecular flexibility index (Phi) is 5.28. The zero-order valence-electron chi connectivity index (χ0n) is 12.5. The molecule has 1 aromatic carbocycles. The summed E-state index contributed by atoms with van der Waals surface area (Å²) in [6.07, 6.45) is 1.62. The lowest BCUT2D eigenvalue weighted by molar-refractivity contribution is 0.206. The molecule has 114 valence electrons. The second kappa shape index (κ2) is 6.98. The van der Waals surface area contributed by atoms with E-state index in [-0.39, 0.29) is 0 Å². The van der Waals surface area contributed by atoms with Crippen molar-refractivity contribution < 1.29 is 13.6 Å². The van der Waals surface area contributed by atoms with Gasteiger partial charge in [-0.2, -0.15) is 0 Å². The van der Waals surface area contributed by atoms with E-state index in [2.05, 4.69) is 10.3 Å². The summed E-state index contributed by atoms with van der Waals surface area (Å²) in [6, 6.07) is 9.45. The zero-order chi connectivity index (χ0) is 15.3. The standard InChI is InChI=1S/C14H20N3O3P/c1-4-19-21(18,20-5-2)14(13-9-7-6-8-10-13)17-12(3)11-15-16-17/h6-11,14H,4-5H2,1-3H3. The smallest absolute Gasteiger partial charge is 0.307 e. The second-order valence-corrected chi connectivity index (χ2v) is 6.56. The number of hydrogen-bond acceptors (Lipinski definition) is 5.